The normalized spacial score (nSPS) is 14.4. The molecular formula is C69H69N3O11. The van der Waals surface area contributed by atoms with Crippen molar-refractivity contribution in [3.63, 3.8) is 0 Å². The van der Waals surface area contributed by atoms with Gasteiger partial charge in [-0.05, 0) is 80.6 Å². The Kier molecular flexibility index (Phi) is 21.1. The average Bonchev–Trinajstić information content (AvgIpc) is 1.75. The molecule has 0 aromatic heterocycles. The van der Waals surface area contributed by atoms with E-state index in [-0.39, 0.29) is 24.6 Å². The second-order valence-corrected chi connectivity index (χ2v) is 20.2. The second-order valence-electron chi connectivity index (χ2n) is 20.2. The number of carboxylic acid groups (broad SMARTS) is 1. The van der Waals surface area contributed by atoms with E-state index in [0.717, 1.165) is 66.8 Å². The zero-order valence-electron chi connectivity index (χ0n) is 47.3. The molecule has 4 N–H and O–H groups in total. The highest BCUT2D eigenvalue weighted by Gasteiger charge is 2.56. The molecule has 0 aliphatic heterocycles. The van der Waals surface area contributed by atoms with Crippen LogP contribution >= 0.6 is 0 Å². The van der Waals surface area contributed by atoms with Crippen LogP contribution in [0.4, 0.5) is 0 Å². The Balaban J connectivity index is 0.000000209. The van der Waals surface area contributed by atoms with Crippen molar-refractivity contribution in [3.05, 3.63) is 263 Å². The summed E-state index contributed by atoms with van der Waals surface area (Å²) in [5.74, 6) is -3.43. The van der Waals surface area contributed by atoms with Gasteiger partial charge in [0.1, 0.15) is 18.1 Å². The maximum atomic E-state index is 13.7. The number of aliphatic hydroxyl groups excluding tert-OH is 1. The lowest BCUT2D eigenvalue weighted by Gasteiger charge is -2.48. The number of carbonyl (C=O) groups excluding carboxylic acids is 5. The van der Waals surface area contributed by atoms with E-state index in [2.05, 4.69) is 119 Å². The van der Waals surface area contributed by atoms with Gasteiger partial charge in [-0.15, -0.1) is 0 Å². The fourth-order valence-electron chi connectivity index (χ4n) is 11.7. The molecule has 0 saturated heterocycles. The zero-order valence-corrected chi connectivity index (χ0v) is 47.3. The lowest BCUT2D eigenvalue weighted by atomic mass is 9.76. The number of esters is 3. The van der Waals surface area contributed by atoms with Crippen molar-refractivity contribution in [2.75, 3.05) is 27.9 Å². The van der Waals surface area contributed by atoms with Crippen molar-refractivity contribution in [3.8, 4) is 22.3 Å². The summed E-state index contributed by atoms with van der Waals surface area (Å²) in [4.78, 5) is 70.4. The molecule has 14 heteroatoms. The first-order chi connectivity index (χ1) is 40.2. The number of nitrogens with zero attached hydrogens (tertiary/aromatic N) is 2. The summed E-state index contributed by atoms with van der Waals surface area (Å²) in [6, 6.07) is 71.9. The number of methoxy groups -OCH3 is 3. The summed E-state index contributed by atoms with van der Waals surface area (Å²) in [5, 5.41) is 18.2. The lowest BCUT2D eigenvalue weighted by Crippen LogP contribution is -2.58. The minimum atomic E-state index is -0.963. The summed E-state index contributed by atoms with van der Waals surface area (Å²) in [7, 11) is 4.14. The van der Waals surface area contributed by atoms with E-state index in [1.165, 1.54) is 28.3 Å². The Morgan fingerprint density at radius 1 is 0.458 bits per heavy atom. The van der Waals surface area contributed by atoms with Crippen LogP contribution in [0.1, 0.15) is 65.3 Å². The second kappa shape index (κ2) is 28.5. The molecule has 0 radical (unpaired) electrons. The van der Waals surface area contributed by atoms with E-state index in [4.69, 9.17) is 34.6 Å². The SMILES string of the molecule is COC(=O)[C@H]([C@@H](C)C(=O)OC)N(Cc1ccccc1)C1(c2ccccc2)c2ccccc2-c2ccccc21.COC(=O)[C@H]([C@@H](C)CO)N(Cc1ccccc1)C1(c2ccccc2)c2ccccc2-c2ccccc21.C[C@H](N)C(=O)O.O=C=O. The largest absolute Gasteiger partial charge is 0.480 e. The Morgan fingerprint density at radius 3 is 1.01 bits per heavy atom. The van der Waals surface area contributed by atoms with Crippen LogP contribution in [0.5, 0.6) is 0 Å². The summed E-state index contributed by atoms with van der Waals surface area (Å²) in [5.41, 5.74) is 16.2. The van der Waals surface area contributed by atoms with Gasteiger partial charge in [0, 0.05) is 25.6 Å². The molecule has 2 aliphatic carbocycles. The van der Waals surface area contributed by atoms with Gasteiger partial charge in [-0.25, -0.2) is 0 Å². The number of hydrogen-bond donors (Lipinski definition) is 3. The maximum absolute atomic E-state index is 13.7. The molecule has 426 valence electrons. The minimum absolute atomic E-state index is 0.140. The topological polar surface area (TPSA) is 203 Å². The number of ether oxygens (including phenoxy) is 3. The van der Waals surface area contributed by atoms with Crippen LogP contribution in [-0.2, 0) is 67.1 Å². The smallest absolute Gasteiger partial charge is 0.373 e. The van der Waals surface area contributed by atoms with Crippen LogP contribution in [0.3, 0.4) is 0 Å². The van der Waals surface area contributed by atoms with Crippen molar-refractivity contribution >= 4 is 30.0 Å². The Morgan fingerprint density at radius 2 is 0.723 bits per heavy atom. The molecule has 0 fully saturated rings. The zero-order chi connectivity index (χ0) is 59.7. The number of aliphatic hydroxyl groups is 1. The van der Waals surface area contributed by atoms with Crippen molar-refractivity contribution in [2.24, 2.45) is 17.6 Å². The van der Waals surface area contributed by atoms with Crippen LogP contribution in [0.15, 0.2) is 218 Å². The fourth-order valence-corrected chi connectivity index (χ4v) is 11.7. The Bertz CT molecular complexity index is 3390. The van der Waals surface area contributed by atoms with Gasteiger partial charge in [-0.3, -0.25) is 29.0 Å². The molecule has 0 bridgehead atoms. The van der Waals surface area contributed by atoms with E-state index in [0.29, 0.717) is 13.1 Å². The third-order valence-corrected chi connectivity index (χ3v) is 15.3. The minimum Gasteiger partial charge on any atom is -0.480 e. The third kappa shape index (κ3) is 12.5. The van der Waals surface area contributed by atoms with Gasteiger partial charge in [-0.1, -0.05) is 225 Å². The van der Waals surface area contributed by atoms with E-state index >= 15 is 0 Å². The Hall–Kier alpha value is -9.14. The summed E-state index contributed by atoms with van der Waals surface area (Å²) < 4.78 is 15.9. The van der Waals surface area contributed by atoms with E-state index < -0.39 is 53.0 Å². The molecule has 8 aromatic carbocycles. The highest BCUT2D eigenvalue weighted by Crippen LogP contribution is 2.57. The molecule has 83 heavy (non-hydrogen) atoms. The summed E-state index contributed by atoms with van der Waals surface area (Å²) in [6.07, 6.45) is 0.250. The van der Waals surface area contributed by atoms with Gasteiger partial charge in [0.25, 0.3) is 0 Å². The van der Waals surface area contributed by atoms with Crippen LogP contribution < -0.4 is 5.73 Å². The number of fused-ring (bicyclic) bond motifs is 6. The third-order valence-electron chi connectivity index (χ3n) is 15.3. The quantitative estimate of drug-likeness (QED) is 0.0574. The molecule has 8 aromatic rings. The van der Waals surface area contributed by atoms with Crippen LogP contribution in [0.2, 0.25) is 0 Å². The predicted octanol–water partition coefficient (Wildman–Crippen LogP) is 10.3. The van der Waals surface area contributed by atoms with Crippen LogP contribution in [-0.4, -0.2) is 96.1 Å². The van der Waals surface area contributed by atoms with Crippen molar-refractivity contribution in [1.82, 2.24) is 9.80 Å². The predicted molar refractivity (Wildman–Crippen MR) is 316 cm³/mol. The Labute approximate surface area is 484 Å². The monoisotopic (exact) mass is 1120 g/mol. The molecule has 0 amide bonds. The molecule has 0 unspecified atom stereocenters. The standard InChI is InChI=1S/C33H31NO4.C32H31NO3.C3H7NO2.CO2/c1-23(31(35)37-2)30(32(36)38-3)34(22-24-14-6-4-7-15-24)33(25-16-8-5-9-17-25)28-20-12-10-18-26(28)27-19-11-13-21-29(27)33;1-23(22-34)30(31(35)36-2)33(21-24-13-5-3-6-14-24)32(25-15-7-4-8-16-25)28-19-11-9-17-26(28)27-18-10-12-20-29(27)32;1-2(4)3(5)6;2-1-3/h4-21,23,30H,22H2,1-3H3;3-20,23,30,34H,21-22H2,1-2H3;2H,4H2,1H3,(H,5,6);/t23-,30+;23-,30-;2-;/m100./s1. The number of rotatable bonds is 17. The summed E-state index contributed by atoms with van der Waals surface area (Å²) >= 11 is 0. The number of carboxylic acids is 1. The highest BCUT2D eigenvalue weighted by molar-refractivity contribution is 5.88. The van der Waals surface area contributed by atoms with Gasteiger partial charge in [-0.2, -0.15) is 9.59 Å². The molecular weight excluding hydrogens is 1050 g/mol. The van der Waals surface area contributed by atoms with E-state index in [1.54, 1.807) is 6.92 Å². The molecule has 0 spiro atoms. The molecule has 14 nitrogen and oxygen atoms in total. The average molecular weight is 1120 g/mol. The van der Waals surface area contributed by atoms with Gasteiger partial charge in [0.2, 0.25) is 0 Å². The summed E-state index contributed by atoms with van der Waals surface area (Å²) in [6.45, 7) is 5.80. The number of nitrogens with two attached hydrogens (primary N) is 1. The van der Waals surface area contributed by atoms with Gasteiger partial charge < -0.3 is 30.2 Å². The van der Waals surface area contributed by atoms with Crippen molar-refractivity contribution in [2.45, 2.75) is 63.1 Å². The first-order valence-corrected chi connectivity index (χ1v) is 27.2. The molecule has 2 aliphatic rings. The van der Waals surface area contributed by atoms with Gasteiger partial charge >= 0.3 is 30.0 Å². The fraction of sp³-hybridized carbons (Fsp3) is 0.232. The van der Waals surface area contributed by atoms with E-state index in [1.807, 2.05) is 116 Å². The first kappa shape index (κ1) is 61.5. The van der Waals surface area contributed by atoms with Gasteiger partial charge in [0.05, 0.1) is 38.3 Å². The van der Waals surface area contributed by atoms with Crippen molar-refractivity contribution in [1.29, 1.82) is 0 Å². The molecule has 10 rings (SSSR count). The van der Waals surface area contributed by atoms with Crippen LogP contribution in [0, 0.1) is 11.8 Å². The molecule has 5 atom stereocenters. The van der Waals surface area contributed by atoms with E-state index in [9.17, 15) is 24.3 Å². The number of carbonyl (C=O) groups is 4. The molecule has 0 heterocycles. The number of hydrogen-bond acceptors (Lipinski definition) is 13. The van der Waals surface area contributed by atoms with Gasteiger partial charge in [0.15, 0.2) is 0 Å². The maximum Gasteiger partial charge on any atom is 0.373 e. The van der Waals surface area contributed by atoms with Crippen LogP contribution in [0.25, 0.3) is 22.3 Å². The number of benzene rings is 8. The highest BCUT2D eigenvalue weighted by atomic mass is 16.5. The lowest BCUT2D eigenvalue weighted by molar-refractivity contribution is -0.191. The molecule has 0 saturated carbocycles. The number of aliphatic carboxylic acids is 1. The first-order valence-electron chi connectivity index (χ1n) is 27.2. The van der Waals surface area contributed by atoms with Crippen molar-refractivity contribution < 1.29 is 53.2 Å².